The quantitative estimate of drug-likeness (QED) is 0.528. The van der Waals surface area contributed by atoms with Gasteiger partial charge in [0.15, 0.2) is 5.78 Å². The van der Waals surface area contributed by atoms with Gasteiger partial charge in [0.05, 0.1) is 13.2 Å². The van der Waals surface area contributed by atoms with Crippen LogP contribution in [0.4, 0.5) is 0 Å². The molecule has 0 spiro atoms. The molecule has 3 aromatic rings. The molecule has 1 atom stereocenters. The Labute approximate surface area is 177 Å². The van der Waals surface area contributed by atoms with Crippen LogP contribution in [0.5, 0.6) is 5.75 Å². The molecule has 3 aromatic carbocycles. The standard InChI is InChI=1S/C27H25NO2/c1-30-25-16-14-23(15-17-25)26-18-27(29)24(13-12-21-8-4-2-5-9-21)20-28(26)19-22-10-6-3-7-11-22/h2-17,20,26H,18-19H2,1H3/b13-12+. The van der Waals surface area contributed by atoms with Crippen molar-refractivity contribution in [3.8, 4) is 5.75 Å². The first-order valence-corrected chi connectivity index (χ1v) is 10.1. The van der Waals surface area contributed by atoms with Crippen LogP contribution in [0.2, 0.25) is 0 Å². The molecule has 0 radical (unpaired) electrons. The van der Waals surface area contributed by atoms with E-state index in [1.54, 1.807) is 7.11 Å². The molecule has 3 nitrogen and oxygen atoms in total. The summed E-state index contributed by atoms with van der Waals surface area (Å²) >= 11 is 0. The van der Waals surface area contributed by atoms with Crippen LogP contribution in [0.15, 0.2) is 103 Å². The zero-order valence-electron chi connectivity index (χ0n) is 17.1. The van der Waals surface area contributed by atoms with Crippen LogP contribution in [0, 0.1) is 0 Å². The van der Waals surface area contributed by atoms with Crippen molar-refractivity contribution in [3.63, 3.8) is 0 Å². The Hall–Kier alpha value is -3.59. The first-order chi connectivity index (χ1) is 14.7. The minimum atomic E-state index is -0.00233. The zero-order valence-corrected chi connectivity index (χ0v) is 17.1. The highest BCUT2D eigenvalue weighted by atomic mass is 16.5. The minimum absolute atomic E-state index is 0.00233. The second kappa shape index (κ2) is 9.27. The molecule has 30 heavy (non-hydrogen) atoms. The first kappa shape index (κ1) is 19.7. The van der Waals surface area contributed by atoms with Gasteiger partial charge in [0.2, 0.25) is 0 Å². The van der Waals surface area contributed by atoms with Gasteiger partial charge in [-0.2, -0.15) is 0 Å². The fraction of sp³-hybridized carbons (Fsp3) is 0.148. The van der Waals surface area contributed by atoms with Gasteiger partial charge in [0, 0.05) is 24.7 Å². The lowest BCUT2D eigenvalue weighted by molar-refractivity contribution is -0.117. The number of rotatable bonds is 6. The summed E-state index contributed by atoms with van der Waals surface area (Å²) in [6.07, 6.45) is 6.38. The van der Waals surface area contributed by atoms with E-state index in [0.717, 1.165) is 29.0 Å². The molecule has 0 saturated heterocycles. The Morgan fingerprint density at radius 2 is 1.57 bits per heavy atom. The number of hydrogen-bond donors (Lipinski definition) is 0. The van der Waals surface area contributed by atoms with Crippen LogP contribution in [0.25, 0.3) is 6.08 Å². The normalized spacial score (nSPS) is 16.6. The smallest absolute Gasteiger partial charge is 0.166 e. The van der Waals surface area contributed by atoms with E-state index in [-0.39, 0.29) is 11.8 Å². The lowest BCUT2D eigenvalue weighted by Crippen LogP contribution is -2.31. The molecule has 0 amide bonds. The third-order valence-electron chi connectivity index (χ3n) is 5.37. The van der Waals surface area contributed by atoms with Crippen molar-refractivity contribution in [3.05, 3.63) is 119 Å². The molecule has 150 valence electrons. The number of Topliss-reactive ketones (excluding diaryl/α,β-unsaturated/α-hetero) is 1. The van der Waals surface area contributed by atoms with E-state index in [9.17, 15) is 4.79 Å². The second-order valence-corrected chi connectivity index (χ2v) is 7.40. The van der Waals surface area contributed by atoms with Crippen molar-refractivity contribution in [2.75, 3.05) is 7.11 Å². The van der Waals surface area contributed by atoms with Crippen molar-refractivity contribution in [1.29, 1.82) is 0 Å². The van der Waals surface area contributed by atoms with Crippen LogP contribution in [-0.4, -0.2) is 17.8 Å². The number of benzene rings is 3. The van der Waals surface area contributed by atoms with Gasteiger partial charge in [-0.25, -0.2) is 0 Å². The van der Waals surface area contributed by atoms with Crippen molar-refractivity contribution < 1.29 is 9.53 Å². The van der Waals surface area contributed by atoms with E-state index in [1.807, 2.05) is 91.1 Å². The molecule has 0 aliphatic carbocycles. The molecule has 0 saturated carbocycles. The van der Waals surface area contributed by atoms with Gasteiger partial charge in [0.25, 0.3) is 0 Å². The fourth-order valence-electron chi connectivity index (χ4n) is 3.72. The van der Waals surface area contributed by atoms with Crippen LogP contribution >= 0.6 is 0 Å². The van der Waals surface area contributed by atoms with E-state index < -0.39 is 0 Å². The topological polar surface area (TPSA) is 29.5 Å². The second-order valence-electron chi connectivity index (χ2n) is 7.40. The van der Waals surface area contributed by atoms with Crippen LogP contribution in [-0.2, 0) is 11.3 Å². The maximum atomic E-state index is 12.9. The maximum Gasteiger partial charge on any atom is 0.166 e. The highest BCUT2D eigenvalue weighted by molar-refractivity contribution is 6.00. The van der Waals surface area contributed by atoms with E-state index in [0.29, 0.717) is 6.42 Å². The van der Waals surface area contributed by atoms with Gasteiger partial charge in [-0.1, -0.05) is 78.9 Å². The number of ether oxygens (including phenoxy) is 1. The Morgan fingerprint density at radius 3 is 2.23 bits per heavy atom. The van der Waals surface area contributed by atoms with Crippen LogP contribution in [0.1, 0.15) is 29.2 Å². The predicted octanol–water partition coefficient (Wildman–Crippen LogP) is 5.81. The van der Waals surface area contributed by atoms with E-state index in [4.69, 9.17) is 4.74 Å². The fourth-order valence-corrected chi connectivity index (χ4v) is 3.72. The Balaban J connectivity index is 1.65. The Morgan fingerprint density at radius 1 is 0.900 bits per heavy atom. The molecule has 1 aliphatic rings. The number of ketones is 1. The molecular weight excluding hydrogens is 370 g/mol. The lowest BCUT2D eigenvalue weighted by Gasteiger charge is -2.35. The average molecular weight is 396 g/mol. The van der Waals surface area contributed by atoms with E-state index in [2.05, 4.69) is 17.0 Å². The third-order valence-corrected chi connectivity index (χ3v) is 5.37. The molecule has 1 heterocycles. The highest BCUT2D eigenvalue weighted by Gasteiger charge is 2.28. The molecule has 3 heteroatoms. The van der Waals surface area contributed by atoms with Crippen LogP contribution < -0.4 is 4.74 Å². The lowest BCUT2D eigenvalue weighted by atomic mass is 9.92. The summed E-state index contributed by atoms with van der Waals surface area (Å²) in [5.41, 5.74) is 4.15. The number of nitrogens with zero attached hydrogens (tertiary/aromatic N) is 1. The summed E-state index contributed by atoms with van der Waals surface area (Å²) in [6, 6.07) is 28.4. The number of allylic oxidation sites excluding steroid dienone is 2. The van der Waals surface area contributed by atoms with E-state index in [1.165, 1.54) is 5.56 Å². The Kier molecular flexibility index (Phi) is 6.09. The van der Waals surface area contributed by atoms with Gasteiger partial charge in [-0.05, 0) is 34.9 Å². The van der Waals surface area contributed by atoms with Crippen molar-refractivity contribution in [2.24, 2.45) is 0 Å². The number of hydrogen-bond acceptors (Lipinski definition) is 3. The van der Waals surface area contributed by atoms with Gasteiger partial charge in [0.1, 0.15) is 5.75 Å². The molecule has 0 bridgehead atoms. The van der Waals surface area contributed by atoms with Gasteiger partial charge in [-0.3, -0.25) is 4.79 Å². The molecule has 1 unspecified atom stereocenters. The summed E-state index contributed by atoms with van der Waals surface area (Å²) in [4.78, 5) is 15.2. The van der Waals surface area contributed by atoms with E-state index >= 15 is 0 Å². The molecule has 0 fully saturated rings. The molecule has 1 aliphatic heterocycles. The number of carbonyl (C=O) groups is 1. The molecular formula is C27H25NO2. The zero-order chi connectivity index (χ0) is 20.8. The summed E-state index contributed by atoms with van der Waals surface area (Å²) in [7, 11) is 1.66. The summed E-state index contributed by atoms with van der Waals surface area (Å²) < 4.78 is 5.29. The first-order valence-electron chi connectivity index (χ1n) is 10.1. The minimum Gasteiger partial charge on any atom is -0.497 e. The average Bonchev–Trinajstić information content (AvgIpc) is 2.80. The van der Waals surface area contributed by atoms with Gasteiger partial charge < -0.3 is 9.64 Å². The SMILES string of the molecule is COc1ccc(C2CC(=O)C(/C=C/c3ccccc3)=CN2Cc2ccccc2)cc1. The highest BCUT2D eigenvalue weighted by Crippen LogP contribution is 2.33. The van der Waals surface area contributed by atoms with Gasteiger partial charge >= 0.3 is 0 Å². The van der Waals surface area contributed by atoms with Crippen molar-refractivity contribution in [1.82, 2.24) is 4.90 Å². The monoisotopic (exact) mass is 395 g/mol. The largest absolute Gasteiger partial charge is 0.497 e. The Bertz CT molecular complexity index is 1040. The van der Waals surface area contributed by atoms with Crippen LogP contribution in [0.3, 0.4) is 0 Å². The molecule has 4 rings (SSSR count). The number of carbonyl (C=O) groups excluding carboxylic acids is 1. The van der Waals surface area contributed by atoms with Crippen molar-refractivity contribution in [2.45, 2.75) is 19.0 Å². The van der Waals surface area contributed by atoms with Gasteiger partial charge in [-0.15, -0.1) is 0 Å². The summed E-state index contributed by atoms with van der Waals surface area (Å²) in [5.74, 6) is 0.977. The molecule has 0 N–H and O–H groups in total. The van der Waals surface area contributed by atoms with Crippen molar-refractivity contribution >= 4 is 11.9 Å². The summed E-state index contributed by atoms with van der Waals surface area (Å²) in [5, 5.41) is 0. The molecule has 0 aromatic heterocycles. The predicted molar refractivity (Wildman–Crippen MR) is 121 cm³/mol. The summed E-state index contributed by atoms with van der Waals surface area (Å²) in [6.45, 7) is 0.744. The maximum absolute atomic E-state index is 12.9. The third kappa shape index (κ3) is 4.69. The number of methoxy groups -OCH3 is 1.